The van der Waals surface area contributed by atoms with E-state index >= 15 is 0 Å². The first-order chi connectivity index (χ1) is 16.0. The Morgan fingerprint density at radius 2 is 1.00 bits per heavy atom. The molecule has 0 fully saturated rings. The average molecular weight is 454 g/mol. The van der Waals surface area contributed by atoms with E-state index in [4.69, 9.17) is 4.89 Å². The van der Waals surface area contributed by atoms with Crippen molar-refractivity contribution in [1.82, 2.24) is 0 Å². The molecular weight excluding hydrogens is 425 g/mol. The molecule has 0 radical (unpaired) electrons. The minimum atomic E-state index is -2.48. The topological polar surface area (TPSA) is 40.5 Å². The highest BCUT2D eigenvalue weighted by Gasteiger charge is 2.12. The predicted octanol–water partition coefficient (Wildman–Crippen LogP) is 7.91. The molecule has 4 aromatic rings. The highest BCUT2D eigenvalue weighted by molar-refractivity contribution is 7.37. The van der Waals surface area contributed by atoms with Crippen molar-refractivity contribution in [2.45, 2.75) is 20.0 Å². The first kappa shape index (κ1) is 22.8. The highest BCUT2D eigenvalue weighted by atomic mass is 31.1. The Balaban J connectivity index is 1.57. The summed E-state index contributed by atoms with van der Waals surface area (Å²) in [5, 5.41) is 0. The largest absolute Gasteiger partial charge is 0.346 e. The molecule has 1 unspecified atom stereocenters. The van der Waals surface area contributed by atoms with Gasteiger partial charge in [-0.25, -0.2) is 0 Å². The van der Waals surface area contributed by atoms with Crippen molar-refractivity contribution in [1.29, 1.82) is 0 Å². The summed E-state index contributed by atoms with van der Waals surface area (Å²) in [6, 6.07) is 33.4. The molecule has 1 N–H and O–H groups in total. The summed E-state index contributed by atoms with van der Waals surface area (Å²) in [7, 11) is -2.48. The average Bonchev–Trinajstić information content (AvgIpc) is 2.82. The first-order valence-electron chi connectivity index (χ1n) is 11.0. The van der Waals surface area contributed by atoms with E-state index in [1.807, 2.05) is 24.3 Å². The molecule has 33 heavy (non-hydrogen) atoms. The fourth-order valence-electron chi connectivity index (χ4n) is 3.68. The second-order valence-corrected chi connectivity index (χ2v) is 9.38. The molecule has 166 valence electrons. The summed E-state index contributed by atoms with van der Waals surface area (Å²) >= 11 is 0. The smallest absolute Gasteiger partial charge is 0.193 e. The lowest BCUT2D eigenvalue weighted by atomic mass is 10.1. The third-order valence-corrected chi connectivity index (χ3v) is 6.25. The zero-order chi connectivity index (χ0) is 23.2. The van der Waals surface area contributed by atoms with Gasteiger partial charge in [0.15, 0.2) is 8.03 Å². The molecule has 4 rings (SSSR count). The second-order valence-electron chi connectivity index (χ2n) is 8.24. The fraction of sp³-hybridized carbons (Fsp3) is 0.103. The van der Waals surface area contributed by atoms with Crippen LogP contribution in [0.3, 0.4) is 0 Å². The van der Waals surface area contributed by atoms with E-state index < -0.39 is 8.03 Å². The Bertz CT molecular complexity index is 1200. The molecule has 0 aliphatic heterocycles. The van der Waals surface area contributed by atoms with E-state index in [2.05, 4.69) is 104 Å². The van der Waals surface area contributed by atoms with Crippen LogP contribution in [-0.4, -0.2) is 4.89 Å². The van der Waals surface area contributed by atoms with Crippen LogP contribution in [0.2, 0.25) is 0 Å². The van der Waals surface area contributed by atoms with Crippen LogP contribution in [0.4, 0.5) is 17.1 Å². The van der Waals surface area contributed by atoms with Crippen molar-refractivity contribution >= 4 is 37.2 Å². The van der Waals surface area contributed by atoms with Crippen molar-refractivity contribution in [3.05, 3.63) is 125 Å². The summed E-state index contributed by atoms with van der Waals surface area (Å²) in [6.07, 6.45) is 4.36. The summed E-state index contributed by atoms with van der Waals surface area (Å²) in [5.74, 6) is 0. The summed E-state index contributed by atoms with van der Waals surface area (Å²) in [5.41, 5.74) is 8.87. The van der Waals surface area contributed by atoms with E-state index in [0.717, 1.165) is 33.8 Å². The van der Waals surface area contributed by atoms with Gasteiger partial charge in [-0.05, 0) is 66.9 Å². The maximum Gasteiger partial charge on any atom is 0.193 e. The number of nitrogens with zero attached hydrogens (tertiary/aromatic N) is 1. The SMILES string of the molecule is Cc1ccc(N(c2ccc(C)cc2)c2ccc(C=Cc3ccc(C[PH](=O)O)cc3)cc2)cc1. The van der Waals surface area contributed by atoms with Gasteiger partial charge in [-0.2, -0.15) is 0 Å². The van der Waals surface area contributed by atoms with Gasteiger partial charge in [-0.15, -0.1) is 0 Å². The lowest BCUT2D eigenvalue weighted by Crippen LogP contribution is -2.09. The first-order valence-corrected chi connectivity index (χ1v) is 12.6. The molecule has 4 heteroatoms. The van der Waals surface area contributed by atoms with Crippen LogP contribution < -0.4 is 4.90 Å². The highest BCUT2D eigenvalue weighted by Crippen LogP contribution is 2.35. The van der Waals surface area contributed by atoms with Gasteiger partial charge in [-0.1, -0.05) is 83.9 Å². The maximum atomic E-state index is 11.0. The van der Waals surface area contributed by atoms with Gasteiger partial charge in [0.25, 0.3) is 0 Å². The van der Waals surface area contributed by atoms with Gasteiger partial charge in [-0.3, -0.25) is 4.57 Å². The minimum Gasteiger partial charge on any atom is -0.346 e. The molecule has 0 aliphatic carbocycles. The predicted molar refractivity (Wildman–Crippen MR) is 141 cm³/mol. The molecule has 0 saturated heterocycles. The maximum absolute atomic E-state index is 11.0. The van der Waals surface area contributed by atoms with Crippen LogP contribution in [0.5, 0.6) is 0 Å². The van der Waals surface area contributed by atoms with Gasteiger partial charge >= 0.3 is 0 Å². The van der Waals surface area contributed by atoms with Gasteiger partial charge in [0.05, 0.1) is 0 Å². The summed E-state index contributed by atoms with van der Waals surface area (Å²) in [6.45, 7) is 4.20. The zero-order valence-corrected chi connectivity index (χ0v) is 19.9. The molecule has 0 aliphatic rings. The van der Waals surface area contributed by atoms with Crippen LogP contribution in [0, 0.1) is 13.8 Å². The Hall–Kier alpha value is -3.39. The molecule has 0 saturated carbocycles. The van der Waals surface area contributed by atoms with Gasteiger partial charge in [0.1, 0.15) is 0 Å². The van der Waals surface area contributed by atoms with Gasteiger partial charge in [0.2, 0.25) is 0 Å². The van der Waals surface area contributed by atoms with Crippen molar-refractivity contribution in [2.75, 3.05) is 4.90 Å². The molecule has 0 amide bonds. The quantitative estimate of drug-likeness (QED) is 0.228. The van der Waals surface area contributed by atoms with Crippen LogP contribution in [0.15, 0.2) is 97.1 Å². The molecule has 0 aromatic heterocycles. The van der Waals surface area contributed by atoms with E-state index in [9.17, 15) is 4.57 Å². The Morgan fingerprint density at radius 1 is 0.636 bits per heavy atom. The van der Waals surface area contributed by atoms with Gasteiger partial charge in [0, 0.05) is 23.2 Å². The zero-order valence-electron chi connectivity index (χ0n) is 18.9. The molecule has 3 nitrogen and oxygen atoms in total. The van der Waals surface area contributed by atoms with E-state index in [1.165, 1.54) is 11.1 Å². The number of rotatable bonds is 7. The lowest BCUT2D eigenvalue weighted by molar-refractivity contribution is 0.502. The molecular formula is C29H28NO2P. The number of aryl methyl sites for hydroxylation is 2. The van der Waals surface area contributed by atoms with Crippen molar-refractivity contribution in [3.63, 3.8) is 0 Å². The number of hydrogen-bond donors (Lipinski definition) is 1. The molecule has 0 bridgehead atoms. The van der Waals surface area contributed by atoms with Gasteiger partial charge < -0.3 is 9.79 Å². The third-order valence-electron chi connectivity index (χ3n) is 5.54. The second kappa shape index (κ2) is 10.5. The number of hydrogen-bond acceptors (Lipinski definition) is 2. The van der Waals surface area contributed by atoms with E-state index in [0.29, 0.717) is 0 Å². The minimum absolute atomic E-state index is 0.231. The number of anilines is 3. The Labute approximate surface area is 196 Å². The Morgan fingerprint density at radius 3 is 1.39 bits per heavy atom. The van der Waals surface area contributed by atoms with Crippen LogP contribution in [0.1, 0.15) is 27.8 Å². The monoisotopic (exact) mass is 453 g/mol. The molecule has 0 heterocycles. The molecule has 4 aromatic carbocycles. The van der Waals surface area contributed by atoms with E-state index in [1.54, 1.807) is 0 Å². The van der Waals surface area contributed by atoms with Crippen molar-refractivity contribution in [2.24, 2.45) is 0 Å². The van der Waals surface area contributed by atoms with E-state index in [-0.39, 0.29) is 6.16 Å². The normalized spacial score (nSPS) is 12.1. The fourth-order valence-corrected chi connectivity index (χ4v) is 4.27. The van der Waals surface area contributed by atoms with Crippen LogP contribution in [-0.2, 0) is 10.7 Å². The summed E-state index contributed by atoms with van der Waals surface area (Å²) in [4.78, 5) is 11.3. The summed E-state index contributed by atoms with van der Waals surface area (Å²) < 4.78 is 11.0. The molecule has 0 spiro atoms. The number of benzene rings is 4. The van der Waals surface area contributed by atoms with Crippen molar-refractivity contribution < 1.29 is 9.46 Å². The lowest BCUT2D eigenvalue weighted by Gasteiger charge is -2.25. The van der Waals surface area contributed by atoms with Crippen LogP contribution >= 0.6 is 8.03 Å². The Kier molecular flexibility index (Phi) is 7.24. The van der Waals surface area contributed by atoms with Crippen LogP contribution in [0.25, 0.3) is 12.2 Å². The third kappa shape index (κ3) is 6.10. The van der Waals surface area contributed by atoms with Crippen molar-refractivity contribution in [3.8, 4) is 0 Å². The standard InChI is InChI=1S/C29H28NO2P/c1-22-3-15-27(16-4-22)30(28-17-5-23(2)6-18-28)29-19-13-25(14-20-29)8-7-24-9-11-26(12-10-24)21-33(31)32/h3-20,33H,21H2,1-2H3,(H,31,32). The molecule has 1 atom stereocenters.